The molecule has 1 heterocycles. The molecule has 0 fully saturated rings. The molecule has 0 radical (unpaired) electrons. The fourth-order valence-corrected chi connectivity index (χ4v) is 1.58. The van der Waals surface area contributed by atoms with E-state index < -0.39 is 17.5 Å². The molecule has 0 saturated carbocycles. The first-order valence-electron chi connectivity index (χ1n) is 5.79. The molecule has 1 aromatic carbocycles. The predicted molar refractivity (Wildman–Crippen MR) is 65.8 cm³/mol. The van der Waals surface area contributed by atoms with Gasteiger partial charge in [-0.15, -0.1) is 0 Å². The summed E-state index contributed by atoms with van der Waals surface area (Å²) in [4.78, 5) is 15.7. The number of benzene rings is 1. The number of carbonyl (C=O) groups is 1. The third-order valence-corrected chi connectivity index (χ3v) is 2.54. The van der Waals surface area contributed by atoms with Gasteiger partial charge in [-0.2, -0.15) is 4.98 Å². The molecule has 0 saturated heterocycles. The van der Waals surface area contributed by atoms with Crippen LogP contribution in [0, 0.1) is 18.6 Å². The summed E-state index contributed by atoms with van der Waals surface area (Å²) < 4.78 is 30.7. The van der Waals surface area contributed by atoms with Gasteiger partial charge in [-0.3, -0.25) is 4.79 Å². The molecule has 106 valence electrons. The first-order valence-corrected chi connectivity index (χ1v) is 5.79. The first kappa shape index (κ1) is 13.9. The molecule has 0 unspecified atom stereocenters. The van der Waals surface area contributed by atoms with Gasteiger partial charge in [-0.1, -0.05) is 5.16 Å². The van der Waals surface area contributed by atoms with Gasteiger partial charge in [0.25, 0.3) is 5.91 Å². The van der Waals surface area contributed by atoms with Crippen LogP contribution in [0.2, 0.25) is 0 Å². The summed E-state index contributed by atoms with van der Waals surface area (Å²) in [5.74, 6) is -1.95. The van der Waals surface area contributed by atoms with E-state index in [2.05, 4.69) is 15.5 Å². The largest absolute Gasteiger partial charge is 0.398 e. The van der Waals surface area contributed by atoms with Gasteiger partial charge in [0.05, 0.1) is 5.56 Å². The van der Waals surface area contributed by atoms with Crippen LogP contribution in [-0.2, 0) is 6.42 Å². The zero-order valence-corrected chi connectivity index (χ0v) is 10.6. The van der Waals surface area contributed by atoms with Crippen LogP contribution in [0.1, 0.15) is 22.1 Å². The number of nitrogens with two attached hydrogens (primary N) is 1. The molecule has 2 rings (SSSR count). The Kier molecular flexibility index (Phi) is 3.92. The van der Waals surface area contributed by atoms with Crippen LogP contribution in [0.3, 0.4) is 0 Å². The highest BCUT2D eigenvalue weighted by Gasteiger charge is 2.14. The van der Waals surface area contributed by atoms with E-state index in [1.54, 1.807) is 6.92 Å². The van der Waals surface area contributed by atoms with Crippen molar-refractivity contribution in [2.24, 2.45) is 0 Å². The summed E-state index contributed by atoms with van der Waals surface area (Å²) in [6.07, 6.45) is 0.354. The number of nitrogens with zero attached hydrogens (tertiary/aromatic N) is 2. The molecular weight excluding hydrogens is 270 g/mol. The normalized spacial score (nSPS) is 10.6. The zero-order chi connectivity index (χ0) is 14.7. The SMILES string of the molecule is Cc1nc(CCNC(=O)c2cc(F)c(F)cc2N)no1. The Bertz CT molecular complexity index is 642. The topological polar surface area (TPSA) is 94.0 Å². The van der Waals surface area contributed by atoms with E-state index in [0.29, 0.717) is 18.1 Å². The molecule has 0 bridgehead atoms. The highest BCUT2D eigenvalue weighted by molar-refractivity contribution is 5.99. The second-order valence-corrected chi connectivity index (χ2v) is 4.09. The van der Waals surface area contributed by atoms with Crippen LogP contribution in [0.5, 0.6) is 0 Å². The van der Waals surface area contributed by atoms with Crippen LogP contribution >= 0.6 is 0 Å². The van der Waals surface area contributed by atoms with Gasteiger partial charge in [0.1, 0.15) is 0 Å². The van der Waals surface area contributed by atoms with Crippen molar-refractivity contribution >= 4 is 11.6 Å². The third kappa shape index (κ3) is 3.08. The lowest BCUT2D eigenvalue weighted by molar-refractivity contribution is 0.0954. The summed E-state index contributed by atoms with van der Waals surface area (Å²) in [6, 6.07) is 1.53. The maximum absolute atomic E-state index is 13.1. The minimum Gasteiger partial charge on any atom is -0.398 e. The Hall–Kier alpha value is -2.51. The molecule has 0 aliphatic heterocycles. The van der Waals surface area contributed by atoms with Gasteiger partial charge in [-0.05, 0) is 6.07 Å². The lowest BCUT2D eigenvalue weighted by Crippen LogP contribution is -2.27. The van der Waals surface area contributed by atoms with E-state index in [1.165, 1.54) is 0 Å². The monoisotopic (exact) mass is 282 g/mol. The van der Waals surface area contributed by atoms with Crippen molar-refractivity contribution in [2.45, 2.75) is 13.3 Å². The summed E-state index contributed by atoms with van der Waals surface area (Å²) in [5.41, 5.74) is 5.22. The van der Waals surface area contributed by atoms with Crippen molar-refractivity contribution in [1.82, 2.24) is 15.5 Å². The number of aryl methyl sites for hydroxylation is 1. The number of rotatable bonds is 4. The average Bonchev–Trinajstić information content (AvgIpc) is 2.79. The maximum atomic E-state index is 13.1. The average molecular weight is 282 g/mol. The predicted octanol–water partition coefficient (Wildman–Crippen LogP) is 1.21. The van der Waals surface area contributed by atoms with E-state index in [0.717, 1.165) is 12.1 Å². The van der Waals surface area contributed by atoms with E-state index in [9.17, 15) is 13.6 Å². The van der Waals surface area contributed by atoms with E-state index in [4.69, 9.17) is 10.3 Å². The second-order valence-electron chi connectivity index (χ2n) is 4.09. The molecule has 1 aromatic heterocycles. The number of aromatic nitrogens is 2. The van der Waals surface area contributed by atoms with Crippen LogP contribution in [0.15, 0.2) is 16.7 Å². The van der Waals surface area contributed by atoms with Gasteiger partial charge in [0.15, 0.2) is 17.5 Å². The molecule has 20 heavy (non-hydrogen) atoms. The number of halogens is 2. The Morgan fingerprint density at radius 2 is 2.10 bits per heavy atom. The number of carbonyl (C=O) groups excluding carboxylic acids is 1. The van der Waals surface area contributed by atoms with E-state index >= 15 is 0 Å². The first-order chi connectivity index (χ1) is 9.47. The van der Waals surface area contributed by atoms with Crippen molar-refractivity contribution in [3.8, 4) is 0 Å². The number of hydrogen-bond acceptors (Lipinski definition) is 5. The van der Waals surface area contributed by atoms with Gasteiger partial charge >= 0.3 is 0 Å². The van der Waals surface area contributed by atoms with E-state index in [1.807, 2.05) is 0 Å². The Morgan fingerprint density at radius 3 is 2.75 bits per heavy atom. The van der Waals surface area contributed by atoms with Gasteiger partial charge in [0.2, 0.25) is 5.89 Å². The van der Waals surface area contributed by atoms with Crippen LogP contribution in [0.4, 0.5) is 14.5 Å². The van der Waals surface area contributed by atoms with Gasteiger partial charge in [-0.25, -0.2) is 8.78 Å². The summed E-state index contributed by atoms with van der Waals surface area (Å²) in [6.45, 7) is 1.87. The second kappa shape index (κ2) is 5.64. The van der Waals surface area contributed by atoms with Gasteiger partial charge < -0.3 is 15.6 Å². The van der Waals surface area contributed by atoms with Crippen molar-refractivity contribution in [2.75, 3.05) is 12.3 Å². The molecule has 6 nitrogen and oxygen atoms in total. The number of nitrogens with one attached hydrogen (secondary N) is 1. The third-order valence-electron chi connectivity index (χ3n) is 2.54. The molecular formula is C12H12F2N4O2. The lowest BCUT2D eigenvalue weighted by atomic mass is 10.1. The minimum absolute atomic E-state index is 0.117. The quantitative estimate of drug-likeness (QED) is 0.822. The standard InChI is InChI=1S/C12H12F2N4O2/c1-6-17-11(18-20-6)2-3-16-12(19)7-4-8(13)9(14)5-10(7)15/h4-5H,2-3,15H2,1H3,(H,16,19). The molecule has 0 aliphatic rings. The summed E-state index contributed by atoms with van der Waals surface area (Å²) in [5, 5.41) is 6.17. The van der Waals surface area contributed by atoms with E-state index in [-0.39, 0.29) is 17.8 Å². The smallest absolute Gasteiger partial charge is 0.253 e. The van der Waals surface area contributed by atoms with Crippen molar-refractivity contribution in [3.05, 3.63) is 41.0 Å². The molecule has 0 atom stereocenters. The summed E-state index contributed by atoms with van der Waals surface area (Å²) in [7, 11) is 0. The fourth-order valence-electron chi connectivity index (χ4n) is 1.58. The highest BCUT2D eigenvalue weighted by Crippen LogP contribution is 2.16. The minimum atomic E-state index is -1.13. The van der Waals surface area contributed by atoms with Crippen LogP contribution in [0.25, 0.3) is 0 Å². The fraction of sp³-hybridized carbons (Fsp3) is 0.250. The van der Waals surface area contributed by atoms with Crippen LogP contribution in [-0.4, -0.2) is 22.6 Å². The maximum Gasteiger partial charge on any atom is 0.253 e. The molecule has 3 N–H and O–H groups in total. The Morgan fingerprint density at radius 1 is 1.40 bits per heavy atom. The number of amides is 1. The number of nitrogen functional groups attached to an aromatic ring is 1. The summed E-state index contributed by atoms with van der Waals surface area (Å²) >= 11 is 0. The number of hydrogen-bond donors (Lipinski definition) is 2. The zero-order valence-electron chi connectivity index (χ0n) is 10.6. The van der Waals surface area contributed by atoms with Crippen molar-refractivity contribution in [3.63, 3.8) is 0 Å². The van der Waals surface area contributed by atoms with Crippen LogP contribution < -0.4 is 11.1 Å². The molecule has 0 aliphatic carbocycles. The molecule has 0 spiro atoms. The Labute approximate surface area is 113 Å². The van der Waals surface area contributed by atoms with Crippen molar-refractivity contribution < 1.29 is 18.1 Å². The number of anilines is 1. The Balaban J connectivity index is 1.97. The molecule has 8 heteroatoms. The lowest BCUT2D eigenvalue weighted by Gasteiger charge is -2.07. The molecule has 1 amide bonds. The van der Waals surface area contributed by atoms with Crippen molar-refractivity contribution in [1.29, 1.82) is 0 Å². The van der Waals surface area contributed by atoms with Gasteiger partial charge in [0, 0.05) is 31.6 Å². The molecule has 2 aromatic rings. The highest BCUT2D eigenvalue weighted by atomic mass is 19.2.